The second-order valence-corrected chi connectivity index (χ2v) is 5.49. The molecule has 0 unspecified atom stereocenters. The molecule has 0 amide bonds. The SMILES string of the molecule is CCC(CC)(N=C=NC(CC)(CC)N(C)C)N(C)C. The van der Waals surface area contributed by atoms with E-state index in [0.717, 1.165) is 25.7 Å². The molecule has 0 aromatic rings. The fourth-order valence-electron chi connectivity index (χ4n) is 2.49. The van der Waals surface area contributed by atoms with Crippen molar-refractivity contribution in [2.75, 3.05) is 28.2 Å². The molecule has 4 nitrogen and oxygen atoms in total. The van der Waals surface area contributed by atoms with Gasteiger partial charge in [0.05, 0.1) is 6.01 Å². The van der Waals surface area contributed by atoms with Gasteiger partial charge in [0, 0.05) is 0 Å². The van der Waals surface area contributed by atoms with Gasteiger partial charge in [0.1, 0.15) is 11.3 Å². The molecule has 0 saturated carbocycles. The van der Waals surface area contributed by atoms with E-state index in [1.54, 1.807) is 0 Å². The Labute approximate surface area is 119 Å². The minimum Gasteiger partial charge on any atom is -0.285 e. The number of nitrogens with zero attached hydrogens (tertiary/aromatic N) is 4. The van der Waals surface area contributed by atoms with E-state index >= 15 is 0 Å². The highest BCUT2D eigenvalue weighted by molar-refractivity contribution is 5.43. The lowest BCUT2D eigenvalue weighted by molar-refractivity contribution is 0.144. The van der Waals surface area contributed by atoms with Gasteiger partial charge in [0.25, 0.3) is 0 Å². The van der Waals surface area contributed by atoms with Crippen molar-refractivity contribution >= 4 is 6.01 Å². The van der Waals surface area contributed by atoms with Crippen LogP contribution in [0.15, 0.2) is 9.98 Å². The topological polar surface area (TPSA) is 31.2 Å². The van der Waals surface area contributed by atoms with Gasteiger partial charge in [0.2, 0.25) is 0 Å². The summed E-state index contributed by atoms with van der Waals surface area (Å²) in [5.41, 5.74) is -0.355. The first-order valence-electron chi connectivity index (χ1n) is 7.37. The maximum Gasteiger partial charge on any atom is 0.123 e. The maximum absolute atomic E-state index is 4.64. The molecule has 0 heterocycles. The van der Waals surface area contributed by atoms with Gasteiger partial charge < -0.3 is 0 Å². The minimum absolute atomic E-state index is 0.178. The smallest absolute Gasteiger partial charge is 0.123 e. The molecule has 0 bridgehead atoms. The standard InChI is InChI=1S/C15H32N4/c1-9-14(10-2,18(5)6)16-13-17-15(11-3,12-4)19(7)8/h9-12H2,1-8H3. The minimum atomic E-state index is -0.178. The number of hydrogen-bond acceptors (Lipinski definition) is 4. The van der Waals surface area contributed by atoms with E-state index in [4.69, 9.17) is 0 Å². The second kappa shape index (κ2) is 7.78. The summed E-state index contributed by atoms with van der Waals surface area (Å²) in [6.45, 7) is 8.64. The van der Waals surface area contributed by atoms with Crippen LogP contribution in [-0.4, -0.2) is 55.3 Å². The molecule has 0 aromatic carbocycles. The molecule has 0 aliphatic carbocycles. The molecule has 0 spiro atoms. The highest BCUT2D eigenvalue weighted by Gasteiger charge is 2.29. The zero-order valence-corrected chi connectivity index (χ0v) is 14.1. The van der Waals surface area contributed by atoms with Gasteiger partial charge >= 0.3 is 0 Å². The van der Waals surface area contributed by atoms with Crippen molar-refractivity contribution in [2.45, 2.75) is 64.7 Å². The molecule has 0 aliphatic rings. The zero-order chi connectivity index (χ0) is 15.1. The fourth-order valence-corrected chi connectivity index (χ4v) is 2.49. The third kappa shape index (κ3) is 4.13. The van der Waals surface area contributed by atoms with Gasteiger partial charge in [-0.3, -0.25) is 9.80 Å². The summed E-state index contributed by atoms with van der Waals surface area (Å²) in [6.07, 6.45) is 3.86. The zero-order valence-electron chi connectivity index (χ0n) is 14.1. The lowest BCUT2D eigenvalue weighted by Crippen LogP contribution is -2.42. The van der Waals surface area contributed by atoms with Gasteiger partial charge in [-0.05, 0) is 53.9 Å². The number of aliphatic imine (C=N–C) groups is 2. The van der Waals surface area contributed by atoms with E-state index in [9.17, 15) is 0 Å². The van der Waals surface area contributed by atoms with Gasteiger partial charge in [-0.25, -0.2) is 9.98 Å². The molecule has 0 N–H and O–H groups in total. The van der Waals surface area contributed by atoms with Crippen LogP contribution in [0, 0.1) is 0 Å². The van der Waals surface area contributed by atoms with E-state index < -0.39 is 0 Å². The molecular formula is C15H32N4. The summed E-state index contributed by atoms with van der Waals surface area (Å²) < 4.78 is 0. The van der Waals surface area contributed by atoms with Crippen molar-refractivity contribution in [1.29, 1.82) is 0 Å². The van der Waals surface area contributed by atoms with Crippen molar-refractivity contribution in [3.63, 3.8) is 0 Å². The van der Waals surface area contributed by atoms with Crippen LogP contribution >= 0.6 is 0 Å². The van der Waals surface area contributed by atoms with Crippen molar-refractivity contribution in [1.82, 2.24) is 9.80 Å². The van der Waals surface area contributed by atoms with Crippen LogP contribution in [0.25, 0.3) is 0 Å². The second-order valence-electron chi connectivity index (χ2n) is 5.49. The molecule has 0 aliphatic heterocycles. The quantitative estimate of drug-likeness (QED) is 0.632. The van der Waals surface area contributed by atoms with Gasteiger partial charge in [-0.15, -0.1) is 0 Å². The van der Waals surface area contributed by atoms with Crippen LogP contribution in [-0.2, 0) is 0 Å². The van der Waals surface area contributed by atoms with Crippen LogP contribution < -0.4 is 0 Å². The Morgan fingerprint density at radius 1 is 0.684 bits per heavy atom. The number of hydrogen-bond donors (Lipinski definition) is 0. The van der Waals surface area contributed by atoms with E-state index in [1.807, 2.05) is 0 Å². The van der Waals surface area contributed by atoms with E-state index in [2.05, 4.69) is 81.7 Å². The summed E-state index contributed by atoms with van der Waals surface area (Å²) in [4.78, 5) is 13.6. The van der Waals surface area contributed by atoms with Crippen LogP contribution in [0.1, 0.15) is 53.4 Å². The van der Waals surface area contributed by atoms with Gasteiger partial charge in [0.15, 0.2) is 0 Å². The van der Waals surface area contributed by atoms with Crippen molar-refractivity contribution in [3.8, 4) is 0 Å². The molecule has 0 saturated heterocycles. The normalized spacial score (nSPS) is 12.7. The summed E-state index contributed by atoms with van der Waals surface area (Å²) in [5, 5.41) is 0. The fraction of sp³-hybridized carbons (Fsp3) is 0.933. The Balaban J connectivity index is 5.37. The van der Waals surface area contributed by atoms with E-state index in [0.29, 0.717) is 0 Å². The summed E-state index contributed by atoms with van der Waals surface area (Å²) >= 11 is 0. The first-order valence-corrected chi connectivity index (χ1v) is 7.37. The molecule has 0 aromatic heterocycles. The van der Waals surface area contributed by atoms with Crippen LogP contribution in [0.2, 0.25) is 0 Å². The molecule has 0 radical (unpaired) electrons. The third-order valence-electron chi connectivity index (χ3n) is 4.45. The average Bonchev–Trinajstić information content (AvgIpc) is 2.39. The summed E-state index contributed by atoms with van der Waals surface area (Å²) in [7, 11) is 8.27. The molecule has 0 fully saturated rings. The van der Waals surface area contributed by atoms with E-state index in [-0.39, 0.29) is 11.3 Å². The Morgan fingerprint density at radius 2 is 0.947 bits per heavy atom. The molecule has 0 rings (SSSR count). The Hall–Kier alpha value is -0.700. The average molecular weight is 268 g/mol. The Morgan fingerprint density at radius 3 is 1.11 bits per heavy atom. The Bertz CT molecular complexity index is 278. The Kier molecular flexibility index (Phi) is 7.50. The maximum atomic E-state index is 4.64. The predicted octanol–water partition coefficient (Wildman–Crippen LogP) is 3.32. The molecular weight excluding hydrogens is 236 g/mol. The molecule has 19 heavy (non-hydrogen) atoms. The molecule has 0 atom stereocenters. The van der Waals surface area contributed by atoms with Crippen LogP contribution in [0.4, 0.5) is 0 Å². The highest BCUT2D eigenvalue weighted by Crippen LogP contribution is 2.24. The van der Waals surface area contributed by atoms with Crippen LogP contribution in [0.3, 0.4) is 0 Å². The van der Waals surface area contributed by atoms with Crippen molar-refractivity contribution in [3.05, 3.63) is 0 Å². The largest absolute Gasteiger partial charge is 0.285 e. The van der Waals surface area contributed by atoms with Crippen molar-refractivity contribution in [2.24, 2.45) is 9.98 Å². The predicted molar refractivity (Wildman–Crippen MR) is 83.9 cm³/mol. The van der Waals surface area contributed by atoms with Crippen molar-refractivity contribution < 1.29 is 0 Å². The lowest BCUT2D eigenvalue weighted by atomic mass is 10.0. The monoisotopic (exact) mass is 268 g/mol. The lowest BCUT2D eigenvalue weighted by Gasteiger charge is -2.34. The summed E-state index contributed by atoms with van der Waals surface area (Å²) in [6, 6.07) is 3.00. The molecule has 112 valence electrons. The first kappa shape index (κ1) is 18.3. The van der Waals surface area contributed by atoms with E-state index in [1.165, 1.54) is 0 Å². The summed E-state index contributed by atoms with van der Waals surface area (Å²) in [5.74, 6) is 0. The van der Waals surface area contributed by atoms with Gasteiger partial charge in [-0.1, -0.05) is 27.7 Å². The van der Waals surface area contributed by atoms with Gasteiger partial charge in [-0.2, -0.15) is 0 Å². The third-order valence-corrected chi connectivity index (χ3v) is 4.45. The first-order chi connectivity index (χ1) is 8.84. The molecule has 4 heteroatoms. The number of rotatable bonds is 8. The van der Waals surface area contributed by atoms with Crippen LogP contribution in [0.5, 0.6) is 0 Å². The highest BCUT2D eigenvalue weighted by atomic mass is 15.3.